The number of nitrogens with one attached hydrogen (secondary N) is 2. The molecular weight excluding hydrogens is 358 g/mol. The lowest BCUT2D eigenvalue weighted by molar-refractivity contribution is 0.102. The summed E-state index contributed by atoms with van der Waals surface area (Å²) < 4.78 is 15.6. The van der Waals surface area contributed by atoms with E-state index >= 15 is 0 Å². The molecule has 3 aromatic rings. The summed E-state index contributed by atoms with van der Waals surface area (Å²) in [7, 11) is 4.72. The first-order valence-electron chi connectivity index (χ1n) is 8.53. The smallest absolute Gasteiger partial charge is 0.257 e. The van der Waals surface area contributed by atoms with Gasteiger partial charge in [0.2, 0.25) is 0 Å². The molecule has 1 amide bonds. The van der Waals surface area contributed by atoms with E-state index in [1.807, 2.05) is 24.3 Å². The summed E-state index contributed by atoms with van der Waals surface area (Å²) >= 11 is 0. The van der Waals surface area contributed by atoms with Crippen molar-refractivity contribution in [1.82, 2.24) is 4.98 Å². The average Bonchev–Trinajstić information content (AvgIpc) is 2.75. The molecule has 2 aromatic carbocycles. The molecule has 2 N–H and O–H groups in total. The molecule has 0 bridgehead atoms. The summed E-state index contributed by atoms with van der Waals surface area (Å²) in [4.78, 5) is 16.8. The minimum atomic E-state index is -0.285. The Morgan fingerprint density at radius 1 is 0.857 bits per heavy atom. The average molecular weight is 379 g/mol. The van der Waals surface area contributed by atoms with E-state index in [0.29, 0.717) is 28.6 Å². The number of nitrogens with zero attached hydrogens (tertiary/aromatic N) is 1. The van der Waals surface area contributed by atoms with Gasteiger partial charge < -0.3 is 24.8 Å². The Morgan fingerprint density at radius 3 is 2.18 bits per heavy atom. The summed E-state index contributed by atoms with van der Waals surface area (Å²) in [5.74, 6) is 2.28. The third-order valence-corrected chi connectivity index (χ3v) is 4.04. The zero-order chi connectivity index (χ0) is 19.9. The van der Waals surface area contributed by atoms with Crippen LogP contribution in [0.5, 0.6) is 17.2 Å². The molecule has 0 fully saturated rings. The first-order chi connectivity index (χ1) is 13.6. The lowest BCUT2D eigenvalue weighted by atomic mass is 10.2. The van der Waals surface area contributed by atoms with E-state index in [-0.39, 0.29) is 5.91 Å². The lowest BCUT2D eigenvalue weighted by Crippen LogP contribution is -2.13. The van der Waals surface area contributed by atoms with Gasteiger partial charge in [0.1, 0.15) is 23.1 Å². The first kappa shape index (κ1) is 19.0. The third-order valence-electron chi connectivity index (χ3n) is 4.04. The molecule has 0 aliphatic carbocycles. The molecule has 0 aliphatic heterocycles. The van der Waals surface area contributed by atoms with Gasteiger partial charge in [-0.05, 0) is 48.5 Å². The van der Waals surface area contributed by atoms with Crippen molar-refractivity contribution in [2.45, 2.75) is 0 Å². The number of pyridine rings is 1. The molecule has 0 spiro atoms. The fourth-order valence-electron chi connectivity index (χ4n) is 2.52. The maximum atomic E-state index is 12.5. The van der Waals surface area contributed by atoms with Crippen LogP contribution in [0.2, 0.25) is 0 Å². The Labute approximate surface area is 163 Å². The highest BCUT2D eigenvalue weighted by Crippen LogP contribution is 2.29. The molecule has 0 saturated heterocycles. The van der Waals surface area contributed by atoms with Crippen LogP contribution in [0.15, 0.2) is 60.8 Å². The van der Waals surface area contributed by atoms with E-state index in [4.69, 9.17) is 14.2 Å². The Hall–Kier alpha value is -3.74. The molecule has 7 heteroatoms. The summed E-state index contributed by atoms with van der Waals surface area (Å²) in [6, 6.07) is 16.1. The van der Waals surface area contributed by atoms with Crippen LogP contribution in [0.4, 0.5) is 17.2 Å². The number of hydrogen-bond donors (Lipinski definition) is 2. The minimum absolute atomic E-state index is 0.285. The highest BCUT2D eigenvalue weighted by Gasteiger charge is 2.11. The molecule has 0 radical (unpaired) electrons. The number of anilines is 3. The van der Waals surface area contributed by atoms with E-state index < -0.39 is 0 Å². The Bertz CT molecular complexity index is 941. The molecule has 144 valence electrons. The zero-order valence-electron chi connectivity index (χ0n) is 15.9. The van der Waals surface area contributed by atoms with E-state index in [2.05, 4.69) is 15.6 Å². The second-order valence-electron chi connectivity index (χ2n) is 5.81. The van der Waals surface area contributed by atoms with E-state index in [9.17, 15) is 4.79 Å². The van der Waals surface area contributed by atoms with Gasteiger partial charge >= 0.3 is 0 Å². The van der Waals surface area contributed by atoms with Gasteiger partial charge in [0.05, 0.1) is 32.6 Å². The standard InChI is InChI=1S/C21H21N3O4/c1-26-16-7-5-15(6-8-16)23-20-11-4-14(13-22-20)21(25)24-18-10-9-17(27-2)12-19(18)28-3/h4-13H,1-3H3,(H,22,23)(H,24,25). The molecule has 7 nitrogen and oxygen atoms in total. The highest BCUT2D eigenvalue weighted by molar-refractivity contribution is 6.05. The van der Waals surface area contributed by atoms with Crippen LogP contribution in [-0.2, 0) is 0 Å². The number of ether oxygens (including phenoxy) is 3. The van der Waals surface area contributed by atoms with Crippen molar-refractivity contribution in [3.05, 3.63) is 66.4 Å². The second kappa shape index (κ2) is 8.77. The lowest BCUT2D eigenvalue weighted by Gasteiger charge is -2.12. The molecule has 0 unspecified atom stereocenters. The normalized spacial score (nSPS) is 10.1. The van der Waals surface area contributed by atoms with Gasteiger partial charge in [-0.2, -0.15) is 0 Å². The van der Waals surface area contributed by atoms with Crippen LogP contribution in [0.25, 0.3) is 0 Å². The second-order valence-corrected chi connectivity index (χ2v) is 5.81. The van der Waals surface area contributed by atoms with Gasteiger partial charge in [-0.3, -0.25) is 4.79 Å². The van der Waals surface area contributed by atoms with Crippen molar-refractivity contribution in [3.8, 4) is 17.2 Å². The topological polar surface area (TPSA) is 81.7 Å². The highest BCUT2D eigenvalue weighted by atomic mass is 16.5. The summed E-state index contributed by atoms with van der Waals surface area (Å²) in [6.07, 6.45) is 1.51. The molecular formula is C21H21N3O4. The van der Waals surface area contributed by atoms with Crippen LogP contribution >= 0.6 is 0 Å². The van der Waals surface area contributed by atoms with Crippen molar-refractivity contribution < 1.29 is 19.0 Å². The van der Waals surface area contributed by atoms with Crippen LogP contribution in [0, 0.1) is 0 Å². The molecule has 3 rings (SSSR count). The summed E-state index contributed by atoms with van der Waals surface area (Å²) in [5.41, 5.74) is 1.85. The maximum absolute atomic E-state index is 12.5. The van der Waals surface area contributed by atoms with Gasteiger partial charge in [0, 0.05) is 18.0 Å². The summed E-state index contributed by atoms with van der Waals surface area (Å²) in [6.45, 7) is 0. The van der Waals surface area contributed by atoms with Gasteiger partial charge in [-0.15, -0.1) is 0 Å². The SMILES string of the molecule is COc1ccc(Nc2ccc(C(=O)Nc3ccc(OC)cc3OC)cn2)cc1. The number of carbonyl (C=O) groups excluding carboxylic acids is 1. The van der Waals surface area contributed by atoms with Crippen molar-refractivity contribution >= 4 is 23.1 Å². The first-order valence-corrected chi connectivity index (χ1v) is 8.53. The molecule has 0 aliphatic rings. The Kier molecular flexibility index (Phi) is 5.96. The van der Waals surface area contributed by atoms with E-state index in [1.165, 1.54) is 13.3 Å². The zero-order valence-corrected chi connectivity index (χ0v) is 15.9. The van der Waals surface area contributed by atoms with Crippen molar-refractivity contribution in [2.75, 3.05) is 32.0 Å². The number of amides is 1. The maximum Gasteiger partial charge on any atom is 0.257 e. The minimum Gasteiger partial charge on any atom is -0.497 e. The number of hydrogen-bond acceptors (Lipinski definition) is 6. The fraction of sp³-hybridized carbons (Fsp3) is 0.143. The predicted octanol–water partition coefficient (Wildman–Crippen LogP) is 4.10. The van der Waals surface area contributed by atoms with Crippen molar-refractivity contribution in [1.29, 1.82) is 0 Å². The molecule has 1 heterocycles. The summed E-state index contributed by atoms with van der Waals surface area (Å²) in [5, 5.41) is 5.99. The van der Waals surface area contributed by atoms with Gasteiger partial charge in [0.25, 0.3) is 5.91 Å². The van der Waals surface area contributed by atoms with Crippen LogP contribution in [0.3, 0.4) is 0 Å². The number of benzene rings is 2. The third kappa shape index (κ3) is 4.50. The molecule has 1 aromatic heterocycles. The van der Waals surface area contributed by atoms with E-state index in [1.54, 1.807) is 44.6 Å². The fourth-order valence-corrected chi connectivity index (χ4v) is 2.52. The van der Waals surface area contributed by atoms with Gasteiger partial charge in [-0.1, -0.05) is 0 Å². The predicted molar refractivity (Wildman–Crippen MR) is 108 cm³/mol. The van der Waals surface area contributed by atoms with E-state index in [0.717, 1.165) is 11.4 Å². The monoisotopic (exact) mass is 379 g/mol. The molecule has 0 atom stereocenters. The van der Waals surface area contributed by atoms with Gasteiger partial charge in [0.15, 0.2) is 0 Å². The van der Waals surface area contributed by atoms with Crippen molar-refractivity contribution in [3.63, 3.8) is 0 Å². The largest absolute Gasteiger partial charge is 0.497 e. The number of rotatable bonds is 7. The number of methoxy groups -OCH3 is 3. The Balaban J connectivity index is 1.68. The molecule has 28 heavy (non-hydrogen) atoms. The van der Waals surface area contributed by atoms with Crippen molar-refractivity contribution in [2.24, 2.45) is 0 Å². The van der Waals surface area contributed by atoms with Crippen LogP contribution < -0.4 is 24.8 Å². The molecule has 0 saturated carbocycles. The van der Waals surface area contributed by atoms with Gasteiger partial charge in [-0.25, -0.2) is 4.98 Å². The van der Waals surface area contributed by atoms with Crippen LogP contribution in [-0.4, -0.2) is 32.2 Å². The Morgan fingerprint density at radius 2 is 1.57 bits per heavy atom. The number of aromatic nitrogens is 1. The number of carbonyl (C=O) groups is 1. The quantitative estimate of drug-likeness (QED) is 0.643. The van der Waals surface area contributed by atoms with Crippen LogP contribution in [0.1, 0.15) is 10.4 Å².